The van der Waals surface area contributed by atoms with E-state index < -0.39 is 11.1 Å². The normalized spacial score (nSPS) is 12.3. The van der Waals surface area contributed by atoms with Gasteiger partial charge in [-0.15, -0.1) is 12.3 Å². The van der Waals surface area contributed by atoms with Gasteiger partial charge in [0, 0.05) is 80.5 Å². The fraction of sp³-hybridized carbons (Fsp3) is 0.844. The number of carbonyl (C=O) groups is 3. The molecule has 0 heterocycles. The summed E-state index contributed by atoms with van der Waals surface area (Å²) in [4.78, 5) is 45.2. The highest BCUT2D eigenvalue weighted by Crippen LogP contribution is 2.40. The molecule has 0 aliphatic rings. The maximum atomic E-state index is 13.4. The van der Waals surface area contributed by atoms with E-state index in [0.717, 1.165) is 17.9 Å². The van der Waals surface area contributed by atoms with Crippen LogP contribution in [-0.2, 0) is 14.4 Å². The molecule has 0 aliphatic carbocycles. The van der Waals surface area contributed by atoms with E-state index in [1.165, 1.54) is 0 Å². The molecule has 0 saturated carbocycles. The van der Waals surface area contributed by atoms with Gasteiger partial charge in [-0.3, -0.25) is 14.4 Å². The lowest BCUT2D eigenvalue weighted by molar-refractivity contribution is -0.144. The van der Waals surface area contributed by atoms with E-state index in [9.17, 15) is 14.4 Å². The largest absolute Gasteiger partial charge is 0.340 e. The number of terminal acetylenes is 1. The topological polar surface area (TPSA) is 86.9 Å². The molecule has 7 nitrogen and oxygen atoms in total. The molecule has 3 amide bonds. The first kappa shape index (κ1) is 38.3. The second-order valence-corrected chi connectivity index (χ2v) is 13.9. The summed E-state index contributed by atoms with van der Waals surface area (Å²) >= 11 is 1.76. The first-order valence-electron chi connectivity index (χ1n) is 15.2. The molecule has 0 bridgehead atoms. The van der Waals surface area contributed by atoms with Crippen molar-refractivity contribution in [3.05, 3.63) is 0 Å². The Balaban J connectivity index is 5.79. The first-order valence-corrected chi connectivity index (χ1v) is 16.3. The lowest BCUT2D eigenvalue weighted by Crippen LogP contribution is -2.59. The average molecular weight is 581 g/mol. The van der Waals surface area contributed by atoms with Crippen molar-refractivity contribution in [1.29, 1.82) is 0 Å². The minimum Gasteiger partial charge on any atom is -0.340 e. The molecular formula is C32H60N4O3S. The maximum absolute atomic E-state index is 13.4. The molecule has 0 aromatic heterocycles. The van der Waals surface area contributed by atoms with Gasteiger partial charge in [-0.1, -0.05) is 27.7 Å². The zero-order valence-electron chi connectivity index (χ0n) is 27.4. The molecule has 232 valence electrons. The van der Waals surface area contributed by atoms with Crippen molar-refractivity contribution in [2.24, 2.45) is 11.1 Å². The number of amides is 3. The fourth-order valence-electron chi connectivity index (χ4n) is 4.95. The van der Waals surface area contributed by atoms with Gasteiger partial charge in [0.05, 0.1) is 0 Å². The van der Waals surface area contributed by atoms with E-state index in [0.29, 0.717) is 64.7 Å². The van der Waals surface area contributed by atoms with Gasteiger partial charge in [-0.25, -0.2) is 0 Å². The van der Waals surface area contributed by atoms with Crippen LogP contribution in [0.1, 0.15) is 114 Å². The van der Waals surface area contributed by atoms with Crippen LogP contribution < -0.4 is 5.73 Å². The van der Waals surface area contributed by atoms with Gasteiger partial charge in [0.15, 0.2) is 0 Å². The van der Waals surface area contributed by atoms with Crippen LogP contribution in [-0.4, -0.2) is 87.2 Å². The van der Waals surface area contributed by atoms with Crippen molar-refractivity contribution < 1.29 is 14.4 Å². The first-order chi connectivity index (χ1) is 18.5. The van der Waals surface area contributed by atoms with Crippen LogP contribution in [0.3, 0.4) is 0 Å². The van der Waals surface area contributed by atoms with Crippen molar-refractivity contribution in [2.45, 2.75) is 131 Å². The van der Waals surface area contributed by atoms with Crippen molar-refractivity contribution in [1.82, 2.24) is 14.7 Å². The highest BCUT2D eigenvalue weighted by Gasteiger charge is 2.44. The molecule has 0 unspecified atom stereocenters. The van der Waals surface area contributed by atoms with E-state index in [-0.39, 0.29) is 29.2 Å². The third-order valence-corrected chi connectivity index (χ3v) is 9.57. The Hall–Kier alpha value is -1.72. The molecule has 0 aromatic carbocycles. The second-order valence-electron chi connectivity index (χ2n) is 12.7. The number of unbranched alkanes of at least 4 members (excludes halogenated alkanes) is 1. The molecular weight excluding hydrogens is 520 g/mol. The lowest BCUT2D eigenvalue weighted by atomic mass is 9.70. The standard InChI is InChI=1S/C32H60N4O3S/c1-12-15-16-17-29(39)34(26(4)5)21-18-30(6,7)32(10,11)36(28(38)14-3)22-19-31(8,9)35(27(37)13-2)23-25-40-24-20-33/h1,26H,13-25,33H2,2-11H3. The molecule has 0 radical (unpaired) electrons. The Morgan fingerprint density at radius 2 is 1.43 bits per heavy atom. The Morgan fingerprint density at radius 3 is 1.93 bits per heavy atom. The molecule has 0 spiro atoms. The molecule has 8 heteroatoms. The Morgan fingerprint density at radius 1 is 0.850 bits per heavy atom. The van der Waals surface area contributed by atoms with E-state index >= 15 is 0 Å². The molecule has 2 N–H and O–H groups in total. The number of rotatable bonds is 20. The summed E-state index contributed by atoms with van der Waals surface area (Å²) in [6, 6.07) is 0.0940. The highest BCUT2D eigenvalue weighted by molar-refractivity contribution is 7.99. The number of hydrogen-bond acceptors (Lipinski definition) is 5. The Bertz CT molecular complexity index is 833. The molecule has 0 aromatic rings. The Kier molecular flexibility index (Phi) is 17.2. The zero-order valence-corrected chi connectivity index (χ0v) is 28.2. The van der Waals surface area contributed by atoms with Crippen LogP contribution in [0.15, 0.2) is 0 Å². The molecule has 0 fully saturated rings. The number of hydrogen-bond donors (Lipinski definition) is 1. The quantitative estimate of drug-likeness (QED) is 0.151. The summed E-state index contributed by atoms with van der Waals surface area (Å²) in [5.41, 5.74) is 4.50. The average Bonchev–Trinajstić information content (AvgIpc) is 2.87. The summed E-state index contributed by atoms with van der Waals surface area (Å²) in [5, 5.41) is 0. The van der Waals surface area contributed by atoms with Crippen molar-refractivity contribution >= 4 is 29.5 Å². The summed E-state index contributed by atoms with van der Waals surface area (Å²) < 4.78 is 0. The van der Waals surface area contributed by atoms with Crippen LogP contribution >= 0.6 is 11.8 Å². The Labute approximate surface area is 250 Å². The van der Waals surface area contributed by atoms with Gasteiger partial charge >= 0.3 is 0 Å². The molecule has 0 rings (SSSR count). The lowest BCUT2D eigenvalue weighted by Gasteiger charge is -2.51. The second kappa shape index (κ2) is 18.0. The number of nitrogens with two attached hydrogens (primary N) is 1. The van der Waals surface area contributed by atoms with Gasteiger partial charge in [0.25, 0.3) is 0 Å². The summed E-state index contributed by atoms with van der Waals surface area (Å²) in [6.45, 7) is 23.2. The zero-order chi connectivity index (χ0) is 31.1. The predicted octanol–water partition coefficient (Wildman–Crippen LogP) is 5.56. The molecule has 40 heavy (non-hydrogen) atoms. The van der Waals surface area contributed by atoms with Crippen molar-refractivity contribution in [3.63, 3.8) is 0 Å². The number of nitrogens with zero attached hydrogens (tertiary/aromatic N) is 3. The van der Waals surface area contributed by atoms with Crippen molar-refractivity contribution in [3.8, 4) is 12.3 Å². The molecule has 0 saturated heterocycles. The van der Waals surface area contributed by atoms with Gasteiger partial charge < -0.3 is 20.4 Å². The smallest absolute Gasteiger partial charge is 0.222 e. The van der Waals surface area contributed by atoms with Crippen molar-refractivity contribution in [2.75, 3.05) is 37.7 Å². The highest BCUT2D eigenvalue weighted by atomic mass is 32.2. The predicted molar refractivity (Wildman–Crippen MR) is 171 cm³/mol. The van der Waals surface area contributed by atoms with Crippen LogP contribution in [0.4, 0.5) is 0 Å². The third kappa shape index (κ3) is 11.6. The number of thioether (sulfide) groups is 1. The van der Waals surface area contributed by atoms with E-state index in [4.69, 9.17) is 12.2 Å². The SMILES string of the molecule is C#CCCCC(=O)N(CCC(C)(C)C(C)(C)N(CCC(C)(C)N(CCSCCN)C(=O)CC)C(=O)CC)C(C)C. The van der Waals surface area contributed by atoms with E-state index in [2.05, 4.69) is 47.5 Å². The van der Waals surface area contributed by atoms with Gasteiger partial charge in [0.2, 0.25) is 17.7 Å². The van der Waals surface area contributed by atoms with E-state index in [1.807, 2.05) is 42.4 Å². The van der Waals surface area contributed by atoms with Gasteiger partial charge in [-0.2, -0.15) is 11.8 Å². The monoisotopic (exact) mass is 580 g/mol. The summed E-state index contributed by atoms with van der Waals surface area (Å²) in [5.74, 6) is 4.70. The van der Waals surface area contributed by atoms with Gasteiger partial charge in [0.1, 0.15) is 0 Å². The number of carbonyl (C=O) groups excluding carboxylic acids is 3. The van der Waals surface area contributed by atoms with E-state index in [1.54, 1.807) is 11.8 Å². The minimum absolute atomic E-state index is 0.0940. The third-order valence-electron chi connectivity index (χ3n) is 8.57. The van der Waals surface area contributed by atoms with Crippen LogP contribution in [0.25, 0.3) is 0 Å². The van der Waals surface area contributed by atoms with Crippen LogP contribution in [0, 0.1) is 17.8 Å². The van der Waals surface area contributed by atoms with Gasteiger partial charge in [-0.05, 0) is 66.2 Å². The fourth-order valence-corrected chi connectivity index (χ4v) is 5.63. The molecule has 0 aliphatic heterocycles. The maximum Gasteiger partial charge on any atom is 0.222 e. The van der Waals surface area contributed by atoms with Crippen LogP contribution in [0.2, 0.25) is 0 Å². The molecule has 0 atom stereocenters. The summed E-state index contributed by atoms with van der Waals surface area (Å²) in [6.07, 6.45) is 9.44. The minimum atomic E-state index is -0.470. The summed E-state index contributed by atoms with van der Waals surface area (Å²) in [7, 11) is 0. The van der Waals surface area contributed by atoms with Crippen LogP contribution in [0.5, 0.6) is 0 Å².